The number of aromatic nitrogens is 2. The smallest absolute Gasteiger partial charge is 0.311 e. The number of amidine groups is 2. The summed E-state index contributed by atoms with van der Waals surface area (Å²) in [7, 11) is 0. The fourth-order valence-corrected chi connectivity index (χ4v) is 3.20. The number of imidazole rings is 1. The van der Waals surface area contributed by atoms with Crippen LogP contribution < -0.4 is 11.5 Å². The van der Waals surface area contributed by atoms with Crippen LogP contribution in [0.15, 0.2) is 48.8 Å². The fraction of sp³-hybridized carbons (Fsp3) is 0.238. The second kappa shape index (κ2) is 8.55. The fourth-order valence-electron chi connectivity index (χ4n) is 3.20. The molecule has 8 nitrogen and oxygen atoms in total. The van der Waals surface area contributed by atoms with Crippen LogP contribution in [0.5, 0.6) is 0 Å². The van der Waals surface area contributed by atoms with Crippen molar-refractivity contribution in [2.45, 2.75) is 19.9 Å². The quantitative estimate of drug-likeness (QED) is 0.263. The molecule has 6 N–H and O–H groups in total. The van der Waals surface area contributed by atoms with E-state index in [1.54, 1.807) is 37.5 Å². The lowest BCUT2D eigenvalue weighted by Crippen LogP contribution is -2.25. The van der Waals surface area contributed by atoms with Crippen LogP contribution in [0.4, 0.5) is 0 Å². The summed E-state index contributed by atoms with van der Waals surface area (Å²) in [5, 5.41) is 15.1. The van der Waals surface area contributed by atoms with Gasteiger partial charge in [0.25, 0.3) is 0 Å². The molecule has 0 aliphatic rings. The van der Waals surface area contributed by atoms with Crippen LogP contribution >= 0.6 is 0 Å². The summed E-state index contributed by atoms with van der Waals surface area (Å²) in [6.07, 6.45) is 2.17. The molecule has 8 heteroatoms. The number of rotatable bonds is 8. The normalized spacial score (nSPS) is 11.9. The van der Waals surface area contributed by atoms with Crippen LogP contribution in [-0.2, 0) is 22.5 Å². The van der Waals surface area contributed by atoms with Crippen molar-refractivity contribution in [1.29, 1.82) is 10.8 Å². The Labute approximate surface area is 168 Å². The summed E-state index contributed by atoms with van der Waals surface area (Å²) >= 11 is 0. The Morgan fingerprint density at radius 3 is 2.38 bits per heavy atom. The van der Waals surface area contributed by atoms with Crippen molar-refractivity contribution in [3.63, 3.8) is 0 Å². The first kappa shape index (κ1) is 20.1. The molecule has 1 heterocycles. The second-order valence-corrected chi connectivity index (χ2v) is 6.78. The van der Waals surface area contributed by atoms with Crippen LogP contribution in [0.2, 0.25) is 0 Å². The Morgan fingerprint density at radius 2 is 1.76 bits per heavy atom. The number of carbonyl (C=O) groups excluding carboxylic acids is 1. The van der Waals surface area contributed by atoms with Gasteiger partial charge in [-0.15, -0.1) is 0 Å². The van der Waals surface area contributed by atoms with E-state index in [9.17, 15) is 4.79 Å². The molecule has 3 aromatic rings. The minimum Gasteiger partial charge on any atom is -0.466 e. The molecule has 0 saturated heterocycles. The van der Waals surface area contributed by atoms with Gasteiger partial charge in [0.15, 0.2) is 0 Å². The highest BCUT2D eigenvalue weighted by Crippen LogP contribution is 2.19. The third-order valence-corrected chi connectivity index (χ3v) is 4.72. The van der Waals surface area contributed by atoms with Gasteiger partial charge in [0.2, 0.25) is 0 Å². The van der Waals surface area contributed by atoms with Gasteiger partial charge >= 0.3 is 5.97 Å². The molecule has 0 spiro atoms. The molecule has 0 saturated carbocycles. The van der Waals surface area contributed by atoms with Crippen molar-refractivity contribution in [3.05, 3.63) is 65.5 Å². The van der Waals surface area contributed by atoms with Gasteiger partial charge in [-0.3, -0.25) is 15.6 Å². The highest BCUT2D eigenvalue weighted by molar-refractivity contribution is 5.98. The first-order valence-electron chi connectivity index (χ1n) is 9.28. The molecule has 150 valence electrons. The summed E-state index contributed by atoms with van der Waals surface area (Å²) < 4.78 is 7.19. The number of hydrogen-bond acceptors (Lipinski definition) is 5. The number of nitrogen functional groups attached to an aromatic ring is 2. The van der Waals surface area contributed by atoms with E-state index in [4.69, 9.17) is 27.0 Å². The van der Waals surface area contributed by atoms with Crippen LogP contribution in [0, 0.1) is 16.7 Å². The van der Waals surface area contributed by atoms with Gasteiger partial charge in [-0.2, -0.15) is 0 Å². The second-order valence-electron chi connectivity index (χ2n) is 6.78. The average molecular weight is 392 g/mol. The van der Waals surface area contributed by atoms with Gasteiger partial charge in [0.1, 0.15) is 11.7 Å². The Morgan fingerprint density at radius 1 is 1.10 bits per heavy atom. The number of fused-ring (bicyclic) bond motifs is 1. The van der Waals surface area contributed by atoms with E-state index in [0.29, 0.717) is 36.2 Å². The molecule has 0 amide bonds. The molecule has 0 radical (unpaired) electrons. The summed E-state index contributed by atoms with van der Waals surface area (Å²) in [4.78, 5) is 17.0. The van der Waals surface area contributed by atoms with Crippen LogP contribution in [0.3, 0.4) is 0 Å². The van der Waals surface area contributed by atoms with Gasteiger partial charge in [-0.25, -0.2) is 4.98 Å². The zero-order valence-electron chi connectivity index (χ0n) is 16.2. The molecular weight excluding hydrogens is 368 g/mol. The third kappa shape index (κ3) is 4.60. The van der Waals surface area contributed by atoms with Gasteiger partial charge < -0.3 is 20.8 Å². The number of carbonyl (C=O) groups is 1. The van der Waals surface area contributed by atoms with E-state index in [-0.39, 0.29) is 17.6 Å². The summed E-state index contributed by atoms with van der Waals surface area (Å²) in [5.74, 6) is -0.679. The van der Waals surface area contributed by atoms with Crippen molar-refractivity contribution in [2.75, 3.05) is 6.61 Å². The predicted octanol–water partition coefficient (Wildman–Crippen LogP) is 2.03. The van der Waals surface area contributed by atoms with E-state index < -0.39 is 5.92 Å². The lowest BCUT2D eigenvalue weighted by molar-refractivity contribution is -0.148. The molecular formula is C21H24N6O2. The van der Waals surface area contributed by atoms with Crippen molar-refractivity contribution in [1.82, 2.24) is 9.55 Å². The zero-order valence-corrected chi connectivity index (χ0v) is 16.2. The Hall–Kier alpha value is -3.68. The van der Waals surface area contributed by atoms with Gasteiger partial charge in [0, 0.05) is 17.7 Å². The molecule has 29 heavy (non-hydrogen) atoms. The Kier molecular flexibility index (Phi) is 5.92. The van der Waals surface area contributed by atoms with Crippen molar-refractivity contribution >= 4 is 28.7 Å². The summed E-state index contributed by atoms with van der Waals surface area (Å²) in [6.45, 7) is 2.50. The maximum Gasteiger partial charge on any atom is 0.311 e. The molecule has 0 aliphatic carbocycles. The molecule has 0 fully saturated rings. The monoisotopic (exact) mass is 392 g/mol. The number of hydrogen-bond donors (Lipinski definition) is 4. The van der Waals surface area contributed by atoms with Crippen LogP contribution in [-0.4, -0.2) is 33.8 Å². The van der Waals surface area contributed by atoms with E-state index in [1.807, 2.05) is 22.8 Å². The maximum atomic E-state index is 12.6. The largest absolute Gasteiger partial charge is 0.466 e. The minimum absolute atomic E-state index is 0.00769. The number of nitrogens with zero attached hydrogens (tertiary/aromatic N) is 2. The molecule has 0 bridgehead atoms. The van der Waals surface area contributed by atoms with Gasteiger partial charge in [0.05, 0.1) is 29.9 Å². The lowest BCUT2D eigenvalue weighted by Gasteiger charge is -2.17. The molecule has 1 atom stereocenters. The highest BCUT2D eigenvalue weighted by Gasteiger charge is 2.22. The first-order valence-corrected chi connectivity index (χ1v) is 9.28. The zero-order chi connectivity index (χ0) is 21.0. The standard InChI is InChI=1S/C21H24N6O2/c1-2-29-21(28)16(9-13-3-5-14(6-4-13)19(22)23)11-27-12-26-17-10-15(20(24)25)7-8-18(17)27/h3-8,10,12,16H,2,9,11H2,1H3,(H3,22,23)(H3,24,25). The van der Waals surface area contributed by atoms with E-state index >= 15 is 0 Å². The minimum atomic E-state index is -0.400. The Bertz CT molecular complexity index is 1050. The highest BCUT2D eigenvalue weighted by atomic mass is 16.5. The topological polar surface area (TPSA) is 144 Å². The number of nitrogens with two attached hydrogens (primary N) is 2. The SMILES string of the molecule is CCOC(=O)C(Cc1ccc(C(=N)N)cc1)Cn1cnc2cc(C(=N)N)ccc21. The predicted molar refractivity (Wildman–Crippen MR) is 112 cm³/mol. The number of esters is 1. The summed E-state index contributed by atoms with van der Waals surface area (Å²) in [5.41, 5.74) is 14.8. The average Bonchev–Trinajstić information content (AvgIpc) is 3.10. The van der Waals surface area contributed by atoms with E-state index in [0.717, 1.165) is 11.1 Å². The van der Waals surface area contributed by atoms with E-state index in [2.05, 4.69) is 4.98 Å². The first-order chi connectivity index (χ1) is 13.9. The molecule has 2 aromatic carbocycles. The van der Waals surface area contributed by atoms with Crippen LogP contribution in [0.25, 0.3) is 11.0 Å². The summed E-state index contributed by atoms with van der Waals surface area (Å²) in [6, 6.07) is 12.7. The van der Waals surface area contributed by atoms with Crippen molar-refractivity contribution < 1.29 is 9.53 Å². The molecule has 1 aromatic heterocycles. The maximum absolute atomic E-state index is 12.6. The number of nitrogens with one attached hydrogen (secondary N) is 2. The number of benzene rings is 2. The third-order valence-electron chi connectivity index (χ3n) is 4.72. The van der Waals surface area contributed by atoms with Gasteiger partial charge in [-0.1, -0.05) is 24.3 Å². The van der Waals surface area contributed by atoms with Crippen molar-refractivity contribution in [2.24, 2.45) is 17.4 Å². The number of ether oxygens (including phenoxy) is 1. The molecule has 1 unspecified atom stereocenters. The molecule has 0 aliphatic heterocycles. The Balaban J connectivity index is 1.85. The van der Waals surface area contributed by atoms with Crippen molar-refractivity contribution in [3.8, 4) is 0 Å². The van der Waals surface area contributed by atoms with Crippen LogP contribution in [0.1, 0.15) is 23.6 Å². The van der Waals surface area contributed by atoms with Gasteiger partial charge in [-0.05, 0) is 37.1 Å². The molecule has 3 rings (SSSR count). The van der Waals surface area contributed by atoms with E-state index in [1.165, 1.54) is 0 Å². The lowest BCUT2D eigenvalue weighted by atomic mass is 9.98.